The minimum absolute atomic E-state index is 0.0373. The number of esters is 1. The van der Waals surface area contributed by atoms with E-state index in [0.717, 1.165) is 31.6 Å². The molecule has 1 N–H and O–H groups in total. The highest BCUT2D eigenvalue weighted by atomic mass is 16.5. The summed E-state index contributed by atoms with van der Waals surface area (Å²) in [5.41, 5.74) is 1.16. The van der Waals surface area contributed by atoms with Crippen LogP contribution in [0.25, 0.3) is 0 Å². The molecule has 0 amide bonds. The summed E-state index contributed by atoms with van der Waals surface area (Å²) >= 11 is 0. The molecule has 6 fully saturated rings. The molecule has 174 valence electrons. The van der Waals surface area contributed by atoms with Crippen LogP contribution < -0.4 is 0 Å². The molecular formula is C28H44O3. The van der Waals surface area contributed by atoms with Gasteiger partial charge in [0.05, 0.1) is 11.5 Å². The third-order valence-electron chi connectivity index (χ3n) is 11.1. The van der Waals surface area contributed by atoms with Crippen LogP contribution in [0.3, 0.4) is 0 Å². The van der Waals surface area contributed by atoms with Crippen LogP contribution in [0.4, 0.5) is 0 Å². The van der Waals surface area contributed by atoms with Crippen molar-refractivity contribution in [1.82, 2.24) is 0 Å². The van der Waals surface area contributed by atoms with Crippen LogP contribution in [0, 0.1) is 52.3 Å². The summed E-state index contributed by atoms with van der Waals surface area (Å²) in [7, 11) is 0. The van der Waals surface area contributed by atoms with Gasteiger partial charge in [0.15, 0.2) is 0 Å². The Bertz CT molecular complexity index is 755. The molecule has 4 aliphatic carbocycles. The predicted octanol–water partition coefficient (Wildman–Crippen LogP) is 6.15. The normalized spacial score (nSPS) is 51.3. The minimum Gasteiger partial charge on any atom is -0.462 e. The molecule has 4 saturated carbocycles. The molecule has 6 aliphatic rings. The van der Waals surface area contributed by atoms with Gasteiger partial charge in [-0.2, -0.15) is 0 Å². The number of rotatable bonds is 4. The molecule has 31 heavy (non-hydrogen) atoms. The van der Waals surface area contributed by atoms with Crippen molar-refractivity contribution in [3.63, 3.8) is 0 Å². The molecule has 0 aromatic heterocycles. The molecule has 2 saturated heterocycles. The van der Waals surface area contributed by atoms with Gasteiger partial charge in [0.25, 0.3) is 0 Å². The van der Waals surface area contributed by atoms with E-state index in [1.807, 2.05) is 0 Å². The molecule has 3 heteroatoms. The molecule has 2 bridgehead atoms. The third kappa shape index (κ3) is 2.97. The van der Waals surface area contributed by atoms with E-state index in [2.05, 4.69) is 40.7 Å². The SMILES string of the molecule is C/C(=C/CCC(C)C)[C@H]1CC[C@H]2[C@@H]3CC[C@H]4[C@@H](C)[C@@H]5CC[C@]4(C(=O)O5)[C@H]3C[C@H](O)[C@]12C. The fourth-order valence-corrected chi connectivity index (χ4v) is 9.56. The number of allylic oxidation sites excluding steroid dienone is 2. The van der Waals surface area contributed by atoms with Crippen LogP contribution in [-0.2, 0) is 9.53 Å². The molecule has 6 rings (SSSR count). The first-order valence-corrected chi connectivity index (χ1v) is 13.3. The number of aliphatic hydroxyl groups excluding tert-OH is 1. The minimum atomic E-state index is -0.310. The third-order valence-corrected chi connectivity index (χ3v) is 11.1. The van der Waals surface area contributed by atoms with Gasteiger partial charge in [0.1, 0.15) is 6.10 Å². The first kappa shape index (κ1) is 22.0. The zero-order valence-electron chi connectivity index (χ0n) is 20.4. The van der Waals surface area contributed by atoms with E-state index in [9.17, 15) is 9.90 Å². The molecule has 0 aromatic carbocycles. The molecule has 0 unspecified atom stereocenters. The van der Waals surface area contributed by atoms with E-state index in [1.54, 1.807) is 0 Å². The molecule has 3 nitrogen and oxygen atoms in total. The van der Waals surface area contributed by atoms with Gasteiger partial charge in [0.2, 0.25) is 0 Å². The fourth-order valence-electron chi connectivity index (χ4n) is 9.56. The molecule has 0 aromatic rings. The molecule has 1 spiro atoms. The van der Waals surface area contributed by atoms with Gasteiger partial charge in [-0.1, -0.05) is 39.3 Å². The van der Waals surface area contributed by atoms with Crippen molar-refractivity contribution in [2.75, 3.05) is 0 Å². The van der Waals surface area contributed by atoms with Crippen molar-refractivity contribution < 1.29 is 14.6 Å². The van der Waals surface area contributed by atoms with Gasteiger partial charge in [-0.3, -0.25) is 4.79 Å². The second-order valence-corrected chi connectivity index (χ2v) is 12.6. The quantitative estimate of drug-likeness (QED) is 0.431. The highest BCUT2D eigenvalue weighted by Gasteiger charge is 2.70. The molecule has 2 heterocycles. The van der Waals surface area contributed by atoms with Crippen LogP contribution in [0.15, 0.2) is 11.6 Å². The fraction of sp³-hybridized carbons (Fsp3) is 0.893. The van der Waals surface area contributed by atoms with Crippen molar-refractivity contribution in [2.45, 2.75) is 105 Å². The van der Waals surface area contributed by atoms with Gasteiger partial charge < -0.3 is 9.84 Å². The lowest BCUT2D eigenvalue weighted by atomic mass is 9.41. The van der Waals surface area contributed by atoms with E-state index in [-0.39, 0.29) is 29.0 Å². The first-order chi connectivity index (χ1) is 14.7. The van der Waals surface area contributed by atoms with E-state index in [4.69, 9.17) is 4.74 Å². The van der Waals surface area contributed by atoms with Crippen LogP contribution >= 0.6 is 0 Å². The van der Waals surface area contributed by atoms with Gasteiger partial charge in [-0.05, 0) is 106 Å². The summed E-state index contributed by atoms with van der Waals surface area (Å²) in [6.45, 7) is 11.6. The standard InChI is InChI=1S/C28H44O3/c1-16(2)7-6-8-17(3)20-11-12-22-19-9-10-21-18(4)24-13-14-28(21,26(30)31-24)23(19)15-25(29)27(20,22)5/h8,16,18-25,29H,6-7,9-15H2,1-5H3/b17-8-/t18-,19+,20-,21+,22+,23+,24+,25+,27-,28-/m1/s1. The lowest BCUT2D eigenvalue weighted by molar-refractivity contribution is -0.242. The summed E-state index contributed by atoms with van der Waals surface area (Å²) in [4.78, 5) is 13.3. The number of carbonyl (C=O) groups is 1. The molecule has 2 aliphatic heterocycles. The van der Waals surface area contributed by atoms with E-state index >= 15 is 0 Å². The Balaban J connectivity index is 1.44. The number of carbonyl (C=O) groups excluding carboxylic acids is 1. The smallest absolute Gasteiger partial charge is 0.312 e. The zero-order chi connectivity index (χ0) is 22.1. The molecular weight excluding hydrogens is 384 g/mol. The second-order valence-electron chi connectivity index (χ2n) is 12.6. The zero-order valence-corrected chi connectivity index (χ0v) is 20.4. The van der Waals surface area contributed by atoms with Gasteiger partial charge in [-0.15, -0.1) is 0 Å². The average molecular weight is 429 g/mol. The van der Waals surface area contributed by atoms with Crippen LogP contribution in [0.2, 0.25) is 0 Å². The highest BCUT2D eigenvalue weighted by molar-refractivity contribution is 5.80. The van der Waals surface area contributed by atoms with Gasteiger partial charge in [0, 0.05) is 5.41 Å². The maximum atomic E-state index is 13.3. The monoisotopic (exact) mass is 428 g/mol. The number of hydrogen-bond acceptors (Lipinski definition) is 3. The van der Waals surface area contributed by atoms with Crippen molar-refractivity contribution >= 4 is 5.97 Å². The van der Waals surface area contributed by atoms with Crippen LogP contribution in [0.1, 0.15) is 92.4 Å². The van der Waals surface area contributed by atoms with Crippen molar-refractivity contribution in [3.05, 3.63) is 11.6 Å². The second kappa shape index (κ2) is 7.61. The molecule has 10 atom stereocenters. The summed E-state index contributed by atoms with van der Waals surface area (Å²) in [5.74, 6) is 3.71. The Morgan fingerprint density at radius 1 is 1.16 bits per heavy atom. The Labute approximate surface area is 189 Å². The largest absolute Gasteiger partial charge is 0.462 e. The van der Waals surface area contributed by atoms with Crippen molar-refractivity contribution in [2.24, 2.45) is 52.3 Å². The Morgan fingerprint density at radius 3 is 2.61 bits per heavy atom. The summed E-state index contributed by atoms with van der Waals surface area (Å²) in [6.07, 6.45) is 12.4. The summed E-state index contributed by atoms with van der Waals surface area (Å²) in [5, 5.41) is 11.7. The Kier molecular flexibility index (Phi) is 5.39. The highest BCUT2D eigenvalue weighted by Crippen LogP contribution is 2.70. The van der Waals surface area contributed by atoms with Crippen molar-refractivity contribution in [1.29, 1.82) is 0 Å². The lowest BCUT2D eigenvalue weighted by Crippen LogP contribution is -2.66. The lowest BCUT2D eigenvalue weighted by Gasteiger charge is -2.65. The Morgan fingerprint density at radius 2 is 1.90 bits per heavy atom. The number of ether oxygens (including phenoxy) is 1. The van der Waals surface area contributed by atoms with E-state index in [1.165, 1.54) is 37.7 Å². The van der Waals surface area contributed by atoms with Crippen molar-refractivity contribution in [3.8, 4) is 0 Å². The molecule has 0 radical (unpaired) electrons. The number of hydrogen-bond donors (Lipinski definition) is 1. The topological polar surface area (TPSA) is 46.5 Å². The first-order valence-electron chi connectivity index (χ1n) is 13.3. The van der Waals surface area contributed by atoms with Crippen LogP contribution in [-0.4, -0.2) is 23.3 Å². The number of aliphatic hydroxyl groups is 1. The maximum absolute atomic E-state index is 13.3. The van der Waals surface area contributed by atoms with Gasteiger partial charge >= 0.3 is 5.97 Å². The number of fused-ring (bicyclic) bond motifs is 5. The Hall–Kier alpha value is -0.830. The van der Waals surface area contributed by atoms with Gasteiger partial charge in [-0.25, -0.2) is 0 Å². The van der Waals surface area contributed by atoms with Crippen LogP contribution in [0.5, 0.6) is 0 Å². The van der Waals surface area contributed by atoms with E-state index in [0.29, 0.717) is 35.5 Å². The van der Waals surface area contributed by atoms with E-state index < -0.39 is 0 Å². The maximum Gasteiger partial charge on any atom is 0.312 e. The predicted molar refractivity (Wildman–Crippen MR) is 123 cm³/mol. The average Bonchev–Trinajstić information content (AvgIpc) is 3.08. The summed E-state index contributed by atoms with van der Waals surface area (Å²) in [6, 6.07) is 0. The summed E-state index contributed by atoms with van der Waals surface area (Å²) < 4.78 is 5.97.